The highest BCUT2D eigenvalue weighted by Gasteiger charge is 2.27. The molecule has 1 saturated heterocycles. The molecule has 0 N–H and O–H groups in total. The van der Waals surface area contributed by atoms with Crippen LogP contribution >= 0.6 is 0 Å². The van der Waals surface area contributed by atoms with Crippen LogP contribution in [0.3, 0.4) is 0 Å². The van der Waals surface area contributed by atoms with E-state index in [2.05, 4.69) is 9.97 Å². The number of ether oxygens (including phenoxy) is 1. The number of hydrogen-bond acceptors (Lipinski definition) is 5. The fourth-order valence-corrected chi connectivity index (χ4v) is 2.76. The lowest BCUT2D eigenvalue weighted by atomic mass is 9.93. The summed E-state index contributed by atoms with van der Waals surface area (Å²) in [5.41, 5.74) is 0.580. The number of anilines is 1. The van der Waals surface area contributed by atoms with Gasteiger partial charge in [0.25, 0.3) is 0 Å². The van der Waals surface area contributed by atoms with E-state index < -0.39 is 5.60 Å². The molecular weight excluding hydrogens is 292 g/mol. The van der Waals surface area contributed by atoms with Crippen molar-refractivity contribution in [3.05, 3.63) is 18.1 Å². The average molecular weight is 320 g/mol. The molecule has 0 radical (unpaired) electrons. The first-order valence-electron chi connectivity index (χ1n) is 8.21. The number of piperidine rings is 1. The Morgan fingerprint density at radius 3 is 2.78 bits per heavy atom. The van der Waals surface area contributed by atoms with Crippen molar-refractivity contribution in [2.45, 2.75) is 45.6 Å². The van der Waals surface area contributed by atoms with Gasteiger partial charge in [0, 0.05) is 38.9 Å². The molecule has 0 spiro atoms. The Balaban J connectivity index is 1.96. The fraction of sp³-hybridized carbons (Fsp3) is 0.706. The van der Waals surface area contributed by atoms with E-state index in [1.54, 1.807) is 6.33 Å². The van der Waals surface area contributed by atoms with Gasteiger partial charge in [-0.2, -0.15) is 0 Å². The van der Waals surface area contributed by atoms with Crippen LogP contribution in [-0.4, -0.2) is 53.7 Å². The summed E-state index contributed by atoms with van der Waals surface area (Å²) >= 11 is 0. The molecule has 2 heterocycles. The maximum absolute atomic E-state index is 12.2. The molecule has 1 fully saturated rings. The van der Waals surface area contributed by atoms with Crippen molar-refractivity contribution in [2.75, 3.05) is 32.1 Å². The minimum absolute atomic E-state index is 0.209. The van der Waals surface area contributed by atoms with Crippen LogP contribution in [0.1, 0.15) is 39.3 Å². The number of carbonyl (C=O) groups is 1. The van der Waals surface area contributed by atoms with Crippen molar-refractivity contribution in [3.8, 4) is 0 Å². The number of aromatic nitrogens is 2. The van der Waals surface area contributed by atoms with Crippen molar-refractivity contribution in [3.63, 3.8) is 0 Å². The first kappa shape index (κ1) is 17.5. The highest BCUT2D eigenvalue weighted by molar-refractivity contribution is 5.68. The molecule has 23 heavy (non-hydrogen) atoms. The molecule has 1 aromatic heterocycles. The van der Waals surface area contributed by atoms with Crippen molar-refractivity contribution in [1.29, 1.82) is 0 Å². The molecule has 0 unspecified atom stereocenters. The number of rotatable bonds is 3. The Bertz CT molecular complexity index is 540. The lowest BCUT2D eigenvalue weighted by molar-refractivity contribution is 0.0165. The van der Waals surface area contributed by atoms with Gasteiger partial charge in [0.15, 0.2) is 0 Å². The van der Waals surface area contributed by atoms with Crippen molar-refractivity contribution in [1.82, 2.24) is 14.9 Å². The van der Waals surface area contributed by atoms with Crippen LogP contribution in [-0.2, 0) is 11.2 Å². The van der Waals surface area contributed by atoms with Gasteiger partial charge < -0.3 is 14.5 Å². The smallest absolute Gasteiger partial charge is 0.410 e. The molecule has 1 atom stereocenters. The Hall–Kier alpha value is -1.85. The minimum Gasteiger partial charge on any atom is -0.444 e. The van der Waals surface area contributed by atoms with Crippen LogP contribution in [0, 0.1) is 5.92 Å². The number of amides is 1. The molecule has 1 aliphatic heterocycles. The van der Waals surface area contributed by atoms with E-state index in [1.165, 1.54) is 0 Å². The molecule has 128 valence electrons. The van der Waals surface area contributed by atoms with Crippen molar-refractivity contribution in [2.24, 2.45) is 5.92 Å². The first-order chi connectivity index (χ1) is 10.7. The second kappa shape index (κ2) is 7.15. The van der Waals surface area contributed by atoms with Crippen LogP contribution in [0.5, 0.6) is 0 Å². The predicted molar refractivity (Wildman–Crippen MR) is 90.6 cm³/mol. The third-order valence-corrected chi connectivity index (χ3v) is 3.84. The number of carbonyl (C=O) groups excluding carboxylic acids is 1. The second-order valence-corrected chi connectivity index (χ2v) is 7.40. The van der Waals surface area contributed by atoms with Crippen LogP contribution in [0.15, 0.2) is 12.4 Å². The largest absolute Gasteiger partial charge is 0.444 e. The van der Waals surface area contributed by atoms with Gasteiger partial charge in [0.2, 0.25) is 0 Å². The maximum Gasteiger partial charge on any atom is 0.410 e. The monoisotopic (exact) mass is 320 g/mol. The summed E-state index contributed by atoms with van der Waals surface area (Å²) in [5.74, 6) is 1.33. The molecule has 1 aromatic rings. The molecule has 0 saturated carbocycles. The maximum atomic E-state index is 12.2. The van der Waals surface area contributed by atoms with Gasteiger partial charge in [0.05, 0.1) is 0 Å². The Morgan fingerprint density at radius 2 is 2.13 bits per heavy atom. The van der Waals surface area contributed by atoms with Gasteiger partial charge in [-0.3, -0.25) is 0 Å². The van der Waals surface area contributed by atoms with Crippen LogP contribution in [0.2, 0.25) is 0 Å². The summed E-state index contributed by atoms with van der Waals surface area (Å²) in [6, 6.07) is 2.02. The predicted octanol–water partition coefficient (Wildman–Crippen LogP) is 2.73. The van der Waals surface area contributed by atoms with Gasteiger partial charge in [-0.1, -0.05) is 0 Å². The summed E-state index contributed by atoms with van der Waals surface area (Å²) in [6.07, 6.45) is 4.39. The normalized spacial score (nSPS) is 18.7. The third kappa shape index (κ3) is 5.37. The molecule has 0 aliphatic carbocycles. The number of hydrogen-bond donors (Lipinski definition) is 0. The Kier molecular flexibility index (Phi) is 5.44. The zero-order valence-electron chi connectivity index (χ0n) is 14.9. The molecule has 1 amide bonds. The number of likely N-dealkylation sites (tertiary alicyclic amines) is 1. The van der Waals surface area contributed by atoms with E-state index >= 15 is 0 Å². The van der Waals surface area contributed by atoms with Gasteiger partial charge in [-0.25, -0.2) is 14.8 Å². The molecular formula is C17H28N4O2. The second-order valence-electron chi connectivity index (χ2n) is 7.40. The van der Waals surface area contributed by atoms with Gasteiger partial charge in [-0.15, -0.1) is 0 Å². The quantitative estimate of drug-likeness (QED) is 0.857. The molecule has 6 nitrogen and oxygen atoms in total. The summed E-state index contributed by atoms with van der Waals surface area (Å²) in [5, 5.41) is 0. The molecule has 0 bridgehead atoms. The first-order valence-corrected chi connectivity index (χ1v) is 8.21. The van der Waals surface area contributed by atoms with E-state index in [-0.39, 0.29) is 6.09 Å². The standard InChI is InChI=1S/C17H28N4O2/c1-17(2,3)23-16(22)21-8-6-7-13(11-21)9-14-10-15(20(4)5)19-12-18-14/h10,12-13H,6-9,11H2,1-5H3/t13-/m1/s1. The SMILES string of the molecule is CN(C)c1cc(C[C@H]2CCCN(C(=O)OC(C)(C)C)C2)ncn1. The zero-order valence-corrected chi connectivity index (χ0v) is 14.9. The third-order valence-electron chi connectivity index (χ3n) is 3.84. The summed E-state index contributed by atoms with van der Waals surface area (Å²) < 4.78 is 5.48. The molecule has 2 rings (SSSR count). The van der Waals surface area contributed by atoms with E-state index in [0.717, 1.165) is 43.9 Å². The van der Waals surface area contributed by atoms with E-state index in [9.17, 15) is 4.79 Å². The summed E-state index contributed by atoms with van der Waals surface area (Å²) in [7, 11) is 3.94. The number of nitrogens with zero attached hydrogens (tertiary/aromatic N) is 4. The molecule has 0 aromatic carbocycles. The average Bonchev–Trinajstić information content (AvgIpc) is 2.46. The molecule has 6 heteroatoms. The lowest BCUT2D eigenvalue weighted by Crippen LogP contribution is -2.43. The molecule has 1 aliphatic rings. The topological polar surface area (TPSA) is 58.6 Å². The van der Waals surface area contributed by atoms with Crippen molar-refractivity contribution < 1.29 is 9.53 Å². The van der Waals surface area contributed by atoms with Crippen molar-refractivity contribution >= 4 is 11.9 Å². The summed E-state index contributed by atoms with van der Waals surface area (Å²) in [4.78, 5) is 24.6. The van der Waals surface area contributed by atoms with Crippen LogP contribution < -0.4 is 4.90 Å². The van der Waals surface area contributed by atoms with E-state index in [0.29, 0.717) is 5.92 Å². The van der Waals surface area contributed by atoms with E-state index in [1.807, 2.05) is 50.7 Å². The van der Waals surface area contributed by atoms with Gasteiger partial charge >= 0.3 is 6.09 Å². The van der Waals surface area contributed by atoms with Gasteiger partial charge in [-0.05, 0) is 46.0 Å². The minimum atomic E-state index is -0.447. The lowest BCUT2D eigenvalue weighted by Gasteiger charge is -2.34. The fourth-order valence-electron chi connectivity index (χ4n) is 2.76. The Morgan fingerprint density at radius 1 is 1.39 bits per heavy atom. The van der Waals surface area contributed by atoms with Gasteiger partial charge in [0.1, 0.15) is 17.7 Å². The van der Waals surface area contributed by atoms with Crippen LogP contribution in [0.4, 0.5) is 10.6 Å². The Labute approximate surface area is 138 Å². The zero-order chi connectivity index (χ0) is 17.0. The van der Waals surface area contributed by atoms with E-state index in [4.69, 9.17) is 4.74 Å². The summed E-state index contributed by atoms with van der Waals surface area (Å²) in [6.45, 7) is 7.20. The highest BCUT2D eigenvalue weighted by Crippen LogP contribution is 2.22. The van der Waals surface area contributed by atoms with Crippen LogP contribution in [0.25, 0.3) is 0 Å². The highest BCUT2D eigenvalue weighted by atomic mass is 16.6.